The molecule has 0 heterocycles. The maximum Gasteiger partial charge on any atom is 0.0196 e. The Kier molecular flexibility index (Phi) is 2.38. The van der Waals surface area contributed by atoms with Gasteiger partial charge < -0.3 is 5.73 Å². The number of benzene rings is 1. The topological polar surface area (TPSA) is 26.0 Å². The third-order valence-corrected chi connectivity index (χ3v) is 3.26. The Hall–Kier alpha value is -0.820. The van der Waals surface area contributed by atoms with Gasteiger partial charge in [-0.15, -0.1) is 0 Å². The standard InChI is InChI=1S/C14H21N/c1-13(2,3)12-7-5-4-6-11(12)10-14(15)8-9-14/h4-7H,8-10,15H2,1-3H3. The van der Waals surface area contributed by atoms with Crippen LogP contribution in [0.4, 0.5) is 0 Å². The van der Waals surface area contributed by atoms with Gasteiger partial charge in [-0.3, -0.25) is 0 Å². The first-order valence-electron chi connectivity index (χ1n) is 5.78. The Morgan fingerprint density at radius 3 is 2.33 bits per heavy atom. The molecule has 0 aromatic heterocycles. The van der Waals surface area contributed by atoms with Crippen molar-refractivity contribution in [1.82, 2.24) is 0 Å². The van der Waals surface area contributed by atoms with Crippen LogP contribution in [0.3, 0.4) is 0 Å². The smallest absolute Gasteiger partial charge is 0.0196 e. The lowest BCUT2D eigenvalue weighted by Gasteiger charge is -2.24. The molecule has 1 saturated carbocycles. The Morgan fingerprint density at radius 2 is 1.80 bits per heavy atom. The zero-order valence-electron chi connectivity index (χ0n) is 10.0. The normalized spacial score (nSPS) is 18.9. The first kappa shape index (κ1) is 10.7. The summed E-state index contributed by atoms with van der Waals surface area (Å²) in [7, 11) is 0. The van der Waals surface area contributed by atoms with E-state index in [1.54, 1.807) is 0 Å². The lowest BCUT2D eigenvalue weighted by molar-refractivity contribution is 0.571. The van der Waals surface area contributed by atoms with Crippen molar-refractivity contribution >= 4 is 0 Å². The molecule has 0 atom stereocenters. The summed E-state index contributed by atoms with van der Waals surface area (Å²) < 4.78 is 0. The zero-order chi connectivity index (χ0) is 11.1. The van der Waals surface area contributed by atoms with Crippen molar-refractivity contribution in [1.29, 1.82) is 0 Å². The summed E-state index contributed by atoms with van der Waals surface area (Å²) in [6.07, 6.45) is 3.41. The van der Waals surface area contributed by atoms with Crippen LogP contribution in [0, 0.1) is 0 Å². The predicted molar refractivity (Wildman–Crippen MR) is 65.0 cm³/mol. The van der Waals surface area contributed by atoms with Crippen LogP contribution >= 0.6 is 0 Å². The van der Waals surface area contributed by atoms with E-state index in [0.29, 0.717) is 0 Å². The molecule has 15 heavy (non-hydrogen) atoms. The lowest BCUT2D eigenvalue weighted by Crippen LogP contribution is -2.26. The molecule has 2 N–H and O–H groups in total. The van der Waals surface area contributed by atoms with Gasteiger partial charge in [0.15, 0.2) is 0 Å². The lowest BCUT2D eigenvalue weighted by atomic mass is 9.82. The van der Waals surface area contributed by atoms with Gasteiger partial charge in [-0.2, -0.15) is 0 Å². The third-order valence-electron chi connectivity index (χ3n) is 3.26. The van der Waals surface area contributed by atoms with Gasteiger partial charge in [-0.1, -0.05) is 45.0 Å². The van der Waals surface area contributed by atoms with Crippen LogP contribution < -0.4 is 5.73 Å². The summed E-state index contributed by atoms with van der Waals surface area (Å²) in [5, 5.41) is 0. The molecule has 1 aliphatic rings. The second-order valence-electron chi connectivity index (χ2n) is 5.95. The number of hydrogen-bond donors (Lipinski definition) is 1. The molecular formula is C14H21N. The van der Waals surface area contributed by atoms with Crippen molar-refractivity contribution in [2.75, 3.05) is 0 Å². The summed E-state index contributed by atoms with van der Waals surface area (Å²) in [6.45, 7) is 6.80. The van der Waals surface area contributed by atoms with E-state index >= 15 is 0 Å². The number of hydrogen-bond acceptors (Lipinski definition) is 1. The van der Waals surface area contributed by atoms with Crippen LogP contribution in [0.2, 0.25) is 0 Å². The predicted octanol–water partition coefficient (Wildman–Crippen LogP) is 3.02. The van der Waals surface area contributed by atoms with Crippen LogP contribution in [0.1, 0.15) is 44.7 Å². The van der Waals surface area contributed by atoms with Crippen LogP contribution in [0.5, 0.6) is 0 Å². The Labute approximate surface area is 92.7 Å². The quantitative estimate of drug-likeness (QED) is 0.785. The molecule has 0 saturated heterocycles. The van der Waals surface area contributed by atoms with Crippen molar-refractivity contribution in [3.63, 3.8) is 0 Å². The molecule has 1 nitrogen and oxygen atoms in total. The third kappa shape index (κ3) is 2.40. The molecule has 1 aliphatic carbocycles. The van der Waals surface area contributed by atoms with Gasteiger partial charge >= 0.3 is 0 Å². The monoisotopic (exact) mass is 203 g/mol. The van der Waals surface area contributed by atoms with Gasteiger partial charge in [-0.25, -0.2) is 0 Å². The maximum absolute atomic E-state index is 6.19. The minimum absolute atomic E-state index is 0.112. The largest absolute Gasteiger partial charge is 0.325 e. The van der Waals surface area contributed by atoms with E-state index in [2.05, 4.69) is 45.0 Å². The second-order valence-corrected chi connectivity index (χ2v) is 5.95. The first-order valence-corrected chi connectivity index (χ1v) is 5.78. The number of rotatable bonds is 2. The fourth-order valence-electron chi connectivity index (χ4n) is 2.12. The molecule has 1 aromatic carbocycles. The Bertz CT molecular complexity index is 356. The molecule has 1 fully saturated rings. The van der Waals surface area contributed by atoms with Crippen molar-refractivity contribution in [2.24, 2.45) is 5.73 Å². The molecule has 0 unspecified atom stereocenters. The van der Waals surface area contributed by atoms with Gasteiger partial charge in [0.05, 0.1) is 0 Å². The summed E-state index contributed by atoms with van der Waals surface area (Å²) in [6, 6.07) is 8.71. The van der Waals surface area contributed by atoms with Gasteiger partial charge in [0.1, 0.15) is 0 Å². The van der Waals surface area contributed by atoms with Crippen LogP contribution in [-0.2, 0) is 11.8 Å². The highest BCUT2D eigenvalue weighted by molar-refractivity contribution is 5.35. The summed E-state index contributed by atoms with van der Waals surface area (Å²) in [4.78, 5) is 0. The fourth-order valence-corrected chi connectivity index (χ4v) is 2.12. The maximum atomic E-state index is 6.19. The van der Waals surface area contributed by atoms with Gasteiger partial charge in [-0.05, 0) is 35.8 Å². The van der Waals surface area contributed by atoms with E-state index < -0.39 is 0 Å². The van der Waals surface area contributed by atoms with Crippen LogP contribution in [0.25, 0.3) is 0 Å². The van der Waals surface area contributed by atoms with E-state index in [0.717, 1.165) is 6.42 Å². The zero-order valence-corrected chi connectivity index (χ0v) is 10.0. The van der Waals surface area contributed by atoms with Gasteiger partial charge in [0.25, 0.3) is 0 Å². The Morgan fingerprint density at radius 1 is 1.20 bits per heavy atom. The van der Waals surface area contributed by atoms with E-state index in [1.165, 1.54) is 24.0 Å². The second kappa shape index (κ2) is 3.34. The minimum Gasteiger partial charge on any atom is -0.325 e. The molecule has 0 spiro atoms. The minimum atomic E-state index is 0.112. The average molecular weight is 203 g/mol. The fraction of sp³-hybridized carbons (Fsp3) is 0.571. The van der Waals surface area contributed by atoms with Crippen LogP contribution in [-0.4, -0.2) is 5.54 Å². The highest BCUT2D eigenvalue weighted by Crippen LogP contribution is 2.38. The average Bonchev–Trinajstić information content (AvgIpc) is 2.82. The van der Waals surface area contributed by atoms with Crippen molar-refractivity contribution < 1.29 is 0 Å². The van der Waals surface area contributed by atoms with Crippen molar-refractivity contribution in [3.8, 4) is 0 Å². The molecule has 1 heteroatoms. The highest BCUT2D eigenvalue weighted by atomic mass is 14.8. The summed E-state index contributed by atoms with van der Waals surface area (Å²) >= 11 is 0. The molecular weight excluding hydrogens is 182 g/mol. The SMILES string of the molecule is CC(C)(C)c1ccccc1CC1(N)CC1. The van der Waals surface area contributed by atoms with E-state index in [4.69, 9.17) is 5.73 Å². The van der Waals surface area contributed by atoms with Gasteiger partial charge in [0, 0.05) is 5.54 Å². The summed E-state index contributed by atoms with van der Waals surface area (Å²) in [5.41, 5.74) is 9.41. The highest BCUT2D eigenvalue weighted by Gasteiger charge is 2.38. The van der Waals surface area contributed by atoms with E-state index in [9.17, 15) is 0 Å². The molecule has 0 aliphatic heterocycles. The van der Waals surface area contributed by atoms with Crippen molar-refractivity contribution in [3.05, 3.63) is 35.4 Å². The molecule has 1 aromatic rings. The van der Waals surface area contributed by atoms with Crippen molar-refractivity contribution in [2.45, 2.75) is 51.0 Å². The molecule has 2 rings (SSSR count). The Balaban J connectivity index is 2.30. The first-order chi connectivity index (χ1) is 6.91. The van der Waals surface area contributed by atoms with E-state index in [-0.39, 0.29) is 11.0 Å². The van der Waals surface area contributed by atoms with Gasteiger partial charge in [0.2, 0.25) is 0 Å². The molecule has 0 radical (unpaired) electrons. The molecule has 82 valence electrons. The van der Waals surface area contributed by atoms with E-state index in [1.807, 2.05) is 0 Å². The molecule has 0 bridgehead atoms. The molecule has 0 amide bonds. The van der Waals surface area contributed by atoms with Crippen LogP contribution in [0.15, 0.2) is 24.3 Å². The number of nitrogens with two attached hydrogens (primary N) is 1. The summed E-state index contributed by atoms with van der Waals surface area (Å²) in [5.74, 6) is 0.